The number of aliphatic hydroxyl groups is 1. The molecule has 0 saturated heterocycles. The molecule has 0 spiro atoms. The van der Waals surface area contributed by atoms with Crippen LogP contribution in [-0.2, 0) is 0 Å². The largest absolute Gasteiger partial charge is 0.392 e. The number of hydrogen-bond acceptors (Lipinski definition) is 2. The molecular formula is C14H21BrN2O2. The Morgan fingerprint density at radius 2 is 2.05 bits per heavy atom. The van der Waals surface area contributed by atoms with E-state index in [1.54, 1.807) is 11.8 Å². The second-order valence-electron chi connectivity index (χ2n) is 4.98. The van der Waals surface area contributed by atoms with Gasteiger partial charge in [0.15, 0.2) is 0 Å². The van der Waals surface area contributed by atoms with E-state index in [1.165, 1.54) is 0 Å². The summed E-state index contributed by atoms with van der Waals surface area (Å²) < 4.78 is 0.979. The fraction of sp³-hybridized carbons (Fsp3) is 0.500. The number of carbonyl (C=O) groups is 1. The van der Waals surface area contributed by atoms with Crippen LogP contribution in [-0.4, -0.2) is 34.7 Å². The topological polar surface area (TPSA) is 52.6 Å². The van der Waals surface area contributed by atoms with Gasteiger partial charge in [-0.25, -0.2) is 4.79 Å². The summed E-state index contributed by atoms with van der Waals surface area (Å²) in [5, 5.41) is 12.3. The van der Waals surface area contributed by atoms with Crippen LogP contribution in [0.2, 0.25) is 0 Å². The van der Waals surface area contributed by atoms with Crippen LogP contribution < -0.4 is 5.32 Å². The zero-order valence-electron chi connectivity index (χ0n) is 11.8. The summed E-state index contributed by atoms with van der Waals surface area (Å²) in [6, 6.07) is 5.53. The van der Waals surface area contributed by atoms with Gasteiger partial charge in [0.25, 0.3) is 0 Å². The molecule has 0 saturated carbocycles. The Kier molecular flexibility index (Phi) is 5.82. The minimum absolute atomic E-state index is 0.0327. The Morgan fingerprint density at radius 3 is 2.53 bits per heavy atom. The molecular weight excluding hydrogens is 308 g/mol. The first-order chi connectivity index (χ1) is 8.81. The van der Waals surface area contributed by atoms with Gasteiger partial charge in [0.2, 0.25) is 0 Å². The van der Waals surface area contributed by atoms with Gasteiger partial charge in [-0.1, -0.05) is 15.9 Å². The number of benzene rings is 1. The molecule has 2 amide bonds. The first kappa shape index (κ1) is 16.0. The molecule has 2 N–H and O–H groups in total. The summed E-state index contributed by atoms with van der Waals surface area (Å²) in [4.78, 5) is 13.8. The van der Waals surface area contributed by atoms with Gasteiger partial charge < -0.3 is 15.3 Å². The molecule has 0 fully saturated rings. The second-order valence-corrected chi connectivity index (χ2v) is 5.90. The van der Waals surface area contributed by atoms with E-state index < -0.39 is 6.10 Å². The molecule has 106 valence electrons. The number of urea groups is 1. The lowest BCUT2D eigenvalue weighted by atomic mass is 10.2. The number of hydrogen-bond donors (Lipinski definition) is 2. The van der Waals surface area contributed by atoms with Gasteiger partial charge in [-0.3, -0.25) is 0 Å². The zero-order valence-corrected chi connectivity index (χ0v) is 13.4. The van der Waals surface area contributed by atoms with E-state index in [0.29, 0.717) is 6.54 Å². The molecule has 5 heteroatoms. The molecule has 19 heavy (non-hydrogen) atoms. The number of amides is 2. The molecule has 1 unspecified atom stereocenters. The lowest BCUT2D eigenvalue weighted by molar-refractivity contribution is 0.125. The number of nitrogens with zero attached hydrogens (tertiary/aromatic N) is 1. The smallest absolute Gasteiger partial charge is 0.322 e. The van der Waals surface area contributed by atoms with Crippen molar-refractivity contribution in [1.82, 2.24) is 4.90 Å². The predicted octanol–water partition coefficient (Wildman–Crippen LogP) is 3.38. The highest BCUT2D eigenvalue weighted by atomic mass is 79.9. The van der Waals surface area contributed by atoms with Crippen molar-refractivity contribution < 1.29 is 9.90 Å². The first-order valence-electron chi connectivity index (χ1n) is 6.33. The third kappa shape index (κ3) is 4.84. The standard InChI is InChI=1S/C14H21BrN2O2/c1-9(2)17(8-11(4)18)14(19)16-13-6-5-12(15)7-10(13)3/h5-7,9,11,18H,8H2,1-4H3,(H,16,19). The van der Waals surface area contributed by atoms with E-state index in [9.17, 15) is 9.90 Å². The number of anilines is 1. The fourth-order valence-corrected chi connectivity index (χ4v) is 2.24. The van der Waals surface area contributed by atoms with E-state index in [2.05, 4.69) is 21.2 Å². The monoisotopic (exact) mass is 328 g/mol. The van der Waals surface area contributed by atoms with E-state index in [-0.39, 0.29) is 12.1 Å². The molecule has 1 aromatic carbocycles. The molecule has 0 radical (unpaired) electrons. The molecule has 0 aliphatic heterocycles. The summed E-state index contributed by atoms with van der Waals surface area (Å²) >= 11 is 3.39. The summed E-state index contributed by atoms with van der Waals surface area (Å²) in [5.74, 6) is 0. The minimum Gasteiger partial charge on any atom is -0.392 e. The maximum absolute atomic E-state index is 12.2. The van der Waals surface area contributed by atoms with Crippen molar-refractivity contribution in [3.8, 4) is 0 Å². The van der Waals surface area contributed by atoms with E-state index >= 15 is 0 Å². The van der Waals surface area contributed by atoms with Gasteiger partial charge in [0, 0.05) is 22.7 Å². The molecule has 1 atom stereocenters. The van der Waals surface area contributed by atoms with E-state index in [1.807, 2.05) is 39.0 Å². The molecule has 4 nitrogen and oxygen atoms in total. The number of halogens is 1. The Labute approximate surface area is 122 Å². The van der Waals surface area contributed by atoms with Crippen molar-refractivity contribution in [1.29, 1.82) is 0 Å². The van der Waals surface area contributed by atoms with Gasteiger partial charge in [-0.15, -0.1) is 0 Å². The van der Waals surface area contributed by atoms with Crippen LogP contribution in [0.25, 0.3) is 0 Å². The predicted molar refractivity (Wildman–Crippen MR) is 81.4 cm³/mol. The highest BCUT2D eigenvalue weighted by Gasteiger charge is 2.19. The lowest BCUT2D eigenvalue weighted by Gasteiger charge is -2.28. The second kappa shape index (κ2) is 6.91. The molecule has 1 rings (SSSR count). The Bertz CT molecular complexity index is 447. The van der Waals surface area contributed by atoms with E-state index in [4.69, 9.17) is 0 Å². The third-order valence-electron chi connectivity index (χ3n) is 2.78. The molecule has 0 aliphatic rings. The molecule has 0 aromatic heterocycles. The number of carbonyl (C=O) groups excluding carboxylic acids is 1. The van der Waals surface area contributed by atoms with Crippen LogP contribution in [0.1, 0.15) is 26.3 Å². The van der Waals surface area contributed by atoms with Crippen LogP contribution in [0.3, 0.4) is 0 Å². The third-order valence-corrected chi connectivity index (χ3v) is 3.27. The van der Waals surface area contributed by atoms with Gasteiger partial charge >= 0.3 is 6.03 Å². The van der Waals surface area contributed by atoms with Crippen LogP contribution in [0.15, 0.2) is 22.7 Å². The van der Waals surface area contributed by atoms with Crippen molar-refractivity contribution in [2.75, 3.05) is 11.9 Å². The van der Waals surface area contributed by atoms with Crippen molar-refractivity contribution >= 4 is 27.6 Å². The first-order valence-corrected chi connectivity index (χ1v) is 7.12. The Hall–Kier alpha value is -1.07. The molecule has 0 bridgehead atoms. The quantitative estimate of drug-likeness (QED) is 0.890. The van der Waals surface area contributed by atoms with Crippen LogP contribution in [0.4, 0.5) is 10.5 Å². The molecule has 0 aliphatic carbocycles. The maximum Gasteiger partial charge on any atom is 0.322 e. The van der Waals surface area contributed by atoms with Crippen molar-refractivity contribution in [2.45, 2.75) is 39.8 Å². The van der Waals surface area contributed by atoms with E-state index in [0.717, 1.165) is 15.7 Å². The van der Waals surface area contributed by atoms with Gasteiger partial charge in [0.05, 0.1) is 6.10 Å². The summed E-state index contributed by atoms with van der Waals surface area (Å²) in [6.07, 6.45) is -0.542. The molecule has 0 heterocycles. The van der Waals surface area contributed by atoms with Gasteiger partial charge in [-0.2, -0.15) is 0 Å². The SMILES string of the molecule is Cc1cc(Br)ccc1NC(=O)N(CC(C)O)C(C)C. The summed E-state index contributed by atoms with van der Waals surface area (Å²) in [6.45, 7) is 7.79. The number of rotatable bonds is 4. The van der Waals surface area contributed by atoms with Crippen molar-refractivity contribution in [2.24, 2.45) is 0 Å². The highest BCUT2D eigenvalue weighted by molar-refractivity contribution is 9.10. The number of aliphatic hydroxyl groups excluding tert-OH is 1. The van der Waals surface area contributed by atoms with Gasteiger partial charge in [0.1, 0.15) is 0 Å². The van der Waals surface area contributed by atoms with Crippen LogP contribution in [0.5, 0.6) is 0 Å². The van der Waals surface area contributed by atoms with Crippen molar-refractivity contribution in [3.63, 3.8) is 0 Å². The number of nitrogens with one attached hydrogen (secondary N) is 1. The summed E-state index contributed by atoms with van der Waals surface area (Å²) in [5.41, 5.74) is 1.77. The maximum atomic E-state index is 12.2. The minimum atomic E-state index is -0.542. The average Bonchev–Trinajstić information content (AvgIpc) is 2.29. The Balaban J connectivity index is 2.81. The Morgan fingerprint density at radius 1 is 1.42 bits per heavy atom. The average molecular weight is 329 g/mol. The highest BCUT2D eigenvalue weighted by Crippen LogP contribution is 2.20. The normalized spacial score (nSPS) is 12.4. The van der Waals surface area contributed by atoms with Crippen LogP contribution in [0, 0.1) is 6.92 Å². The lowest BCUT2D eigenvalue weighted by Crippen LogP contribution is -2.43. The number of aryl methyl sites for hydroxylation is 1. The summed E-state index contributed by atoms with van der Waals surface area (Å²) in [7, 11) is 0. The fourth-order valence-electron chi connectivity index (χ4n) is 1.77. The van der Waals surface area contributed by atoms with Gasteiger partial charge in [-0.05, 0) is 51.5 Å². The zero-order chi connectivity index (χ0) is 14.6. The van der Waals surface area contributed by atoms with Crippen molar-refractivity contribution in [3.05, 3.63) is 28.2 Å². The molecule has 1 aromatic rings. The van der Waals surface area contributed by atoms with Crippen LogP contribution >= 0.6 is 15.9 Å².